The number of likely N-dealkylation sites (tertiary alicyclic amines) is 1. The summed E-state index contributed by atoms with van der Waals surface area (Å²) >= 11 is 5.77. The Balaban J connectivity index is 1.56. The molecule has 0 bridgehead atoms. The van der Waals surface area contributed by atoms with E-state index in [-0.39, 0.29) is 18.0 Å². The highest BCUT2D eigenvalue weighted by molar-refractivity contribution is 6.30. The average Bonchev–Trinajstić information content (AvgIpc) is 2.64. The van der Waals surface area contributed by atoms with E-state index >= 15 is 0 Å². The average molecular weight is 362 g/mol. The largest absolute Gasteiger partial charge is 0.481 e. The lowest BCUT2D eigenvalue weighted by Crippen LogP contribution is -2.48. The first-order chi connectivity index (χ1) is 12.1. The van der Waals surface area contributed by atoms with Crippen LogP contribution >= 0.6 is 11.6 Å². The van der Waals surface area contributed by atoms with Crippen molar-refractivity contribution in [1.82, 2.24) is 14.9 Å². The van der Waals surface area contributed by atoms with E-state index in [0.717, 1.165) is 12.8 Å². The van der Waals surface area contributed by atoms with Gasteiger partial charge in [-0.1, -0.05) is 29.8 Å². The Bertz CT molecular complexity index is 696. The van der Waals surface area contributed by atoms with Gasteiger partial charge in [0.1, 0.15) is 11.9 Å². The molecule has 1 fully saturated rings. The molecule has 132 valence electrons. The number of amides is 1. The number of nitrogens with zero attached hydrogens (tertiary/aromatic N) is 3. The molecule has 1 aliphatic rings. The van der Waals surface area contributed by atoms with E-state index in [1.54, 1.807) is 11.8 Å². The number of carbonyl (C=O) groups is 1. The van der Waals surface area contributed by atoms with Gasteiger partial charge >= 0.3 is 6.01 Å². The van der Waals surface area contributed by atoms with Crippen LogP contribution in [0, 0.1) is 0 Å². The zero-order chi connectivity index (χ0) is 17.6. The number of ether oxygens (including phenoxy) is 2. The van der Waals surface area contributed by atoms with E-state index in [0.29, 0.717) is 23.9 Å². The number of carbonyl (C=O) groups excluding carboxylic acids is 1. The zero-order valence-corrected chi connectivity index (χ0v) is 14.7. The Morgan fingerprint density at radius 2 is 2.00 bits per heavy atom. The van der Waals surface area contributed by atoms with Crippen LogP contribution in [0.15, 0.2) is 42.7 Å². The summed E-state index contributed by atoms with van der Waals surface area (Å²) in [5.74, 6) is 0.636. The summed E-state index contributed by atoms with van der Waals surface area (Å²) in [6.07, 6.45) is 4.01. The molecule has 1 saturated heterocycles. The second-order valence-corrected chi connectivity index (χ2v) is 6.36. The molecule has 6 nitrogen and oxygen atoms in total. The van der Waals surface area contributed by atoms with Crippen LogP contribution in [0.5, 0.6) is 11.8 Å². The van der Waals surface area contributed by atoms with Gasteiger partial charge < -0.3 is 14.4 Å². The standard InChI is InChI=1S/C18H20ClN3O3/c1-13(24-15-6-3-2-4-7-15)17(23)22-9-5-8-16(12-22)25-18-20-10-14(19)11-21-18/h2-4,6-7,10-11,13,16H,5,8-9,12H2,1H3. The molecule has 2 atom stereocenters. The van der Waals surface area contributed by atoms with E-state index in [2.05, 4.69) is 9.97 Å². The molecular weight excluding hydrogens is 342 g/mol. The summed E-state index contributed by atoms with van der Waals surface area (Å²) in [6.45, 7) is 2.96. The fourth-order valence-electron chi connectivity index (χ4n) is 2.76. The second-order valence-electron chi connectivity index (χ2n) is 5.92. The second kappa shape index (κ2) is 8.16. The van der Waals surface area contributed by atoms with Gasteiger partial charge in [-0.2, -0.15) is 0 Å². The van der Waals surface area contributed by atoms with Crippen molar-refractivity contribution in [2.24, 2.45) is 0 Å². The van der Waals surface area contributed by atoms with E-state index in [1.165, 1.54) is 12.4 Å². The van der Waals surface area contributed by atoms with Gasteiger partial charge in [0.2, 0.25) is 0 Å². The fourth-order valence-corrected chi connectivity index (χ4v) is 2.85. The minimum Gasteiger partial charge on any atom is -0.481 e. The summed E-state index contributed by atoms with van der Waals surface area (Å²) in [6, 6.07) is 9.61. The highest BCUT2D eigenvalue weighted by Gasteiger charge is 2.29. The minimum atomic E-state index is -0.548. The number of rotatable bonds is 5. The van der Waals surface area contributed by atoms with Gasteiger partial charge in [0.05, 0.1) is 24.0 Å². The summed E-state index contributed by atoms with van der Waals surface area (Å²) in [4.78, 5) is 22.5. The molecule has 7 heteroatoms. The lowest BCUT2D eigenvalue weighted by Gasteiger charge is -2.33. The smallest absolute Gasteiger partial charge is 0.316 e. The highest BCUT2D eigenvalue weighted by atomic mass is 35.5. The molecule has 1 amide bonds. The normalized spacial score (nSPS) is 18.5. The third-order valence-electron chi connectivity index (χ3n) is 3.96. The van der Waals surface area contributed by atoms with Crippen LogP contribution in [0.4, 0.5) is 0 Å². The van der Waals surface area contributed by atoms with Crippen molar-refractivity contribution in [2.45, 2.75) is 32.0 Å². The van der Waals surface area contributed by atoms with Crippen LogP contribution in [-0.4, -0.2) is 46.1 Å². The van der Waals surface area contributed by atoms with E-state index in [1.807, 2.05) is 30.3 Å². The van der Waals surface area contributed by atoms with Gasteiger partial charge in [0.15, 0.2) is 6.10 Å². The van der Waals surface area contributed by atoms with Crippen molar-refractivity contribution < 1.29 is 14.3 Å². The molecule has 2 heterocycles. The molecule has 0 spiro atoms. The summed E-state index contributed by atoms with van der Waals surface area (Å²) in [7, 11) is 0. The quantitative estimate of drug-likeness (QED) is 0.819. The third kappa shape index (κ3) is 4.82. The zero-order valence-electron chi connectivity index (χ0n) is 14.0. The van der Waals surface area contributed by atoms with E-state index in [4.69, 9.17) is 21.1 Å². The van der Waals surface area contributed by atoms with Crippen LogP contribution < -0.4 is 9.47 Å². The van der Waals surface area contributed by atoms with Crippen LogP contribution in [0.1, 0.15) is 19.8 Å². The first-order valence-electron chi connectivity index (χ1n) is 8.26. The van der Waals surface area contributed by atoms with Gasteiger partial charge in [-0.25, -0.2) is 9.97 Å². The molecule has 1 aromatic heterocycles. The number of para-hydroxylation sites is 1. The maximum atomic E-state index is 12.6. The summed E-state index contributed by atoms with van der Waals surface area (Å²) < 4.78 is 11.5. The SMILES string of the molecule is CC(Oc1ccccc1)C(=O)N1CCCC(Oc2ncc(Cl)cn2)C1. The van der Waals surface area contributed by atoms with Crippen LogP contribution in [-0.2, 0) is 4.79 Å². The molecule has 3 rings (SSSR count). The Morgan fingerprint density at radius 1 is 1.28 bits per heavy atom. The van der Waals surface area contributed by atoms with Crippen molar-refractivity contribution >= 4 is 17.5 Å². The monoisotopic (exact) mass is 361 g/mol. The number of halogens is 1. The third-order valence-corrected chi connectivity index (χ3v) is 4.16. The molecule has 0 saturated carbocycles. The predicted octanol–water partition coefficient (Wildman–Crippen LogP) is 2.97. The lowest BCUT2D eigenvalue weighted by molar-refractivity contribution is -0.140. The first-order valence-corrected chi connectivity index (χ1v) is 8.64. The summed E-state index contributed by atoms with van der Waals surface area (Å²) in [5.41, 5.74) is 0. The topological polar surface area (TPSA) is 64.5 Å². The number of aromatic nitrogens is 2. The molecule has 0 radical (unpaired) electrons. The first kappa shape index (κ1) is 17.5. The van der Waals surface area contributed by atoms with Gasteiger partial charge in [0, 0.05) is 6.54 Å². The molecule has 0 N–H and O–H groups in total. The number of hydrogen-bond donors (Lipinski definition) is 0. The van der Waals surface area contributed by atoms with E-state index in [9.17, 15) is 4.79 Å². The van der Waals surface area contributed by atoms with Crippen molar-refractivity contribution in [3.63, 3.8) is 0 Å². The number of benzene rings is 1. The van der Waals surface area contributed by atoms with Gasteiger partial charge in [-0.3, -0.25) is 4.79 Å². The van der Waals surface area contributed by atoms with Crippen LogP contribution in [0.2, 0.25) is 5.02 Å². The molecule has 0 aliphatic carbocycles. The van der Waals surface area contributed by atoms with Crippen molar-refractivity contribution in [2.75, 3.05) is 13.1 Å². The van der Waals surface area contributed by atoms with Crippen LogP contribution in [0.3, 0.4) is 0 Å². The fraction of sp³-hybridized carbons (Fsp3) is 0.389. The van der Waals surface area contributed by atoms with Gasteiger partial charge in [-0.15, -0.1) is 0 Å². The highest BCUT2D eigenvalue weighted by Crippen LogP contribution is 2.18. The number of hydrogen-bond acceptors (Lipinski definition) is 5. The van der Waals surface area contributed by atoms with Crippen molar-refractivity contribution in [3.8, 4) is 11.8 Å². The molecule has 1 aliphatic heterocycles. The maximum absolute atomic E-state index is 12.6. The van der Waals surface area contributed by atoms with Gasteiger partial charge in [-0.05, 0) is 31.9 Å². The van der Waals surface area contributed by atoms with Crippen molar-refractivity contribution in [1.29, 1.82) is 0 Å². The Hall–Kier alpha value is -2.34. The summed E-state index contributed by atoms with van der Waals surface area (Å²) in [5, 5.41) is 0.458. The molecule has 1 aromatic carbocycles. The van der Waals surface area contributed by atoms with Crippen molar-refractivity contribution in [3.05, 3.63) is 47.7 Å². The Labute approximate surface area is 151 Å². The molecular formula is C18H20ClN3O3. The molecule has 2 aromatic rings. The maximum Gasteiger partial charge on any atom is 0.316 e. The Morgan fingerprint density at radius 3 is 2.72 bits per heavy atom. The van der Waals surface area contributed by atoms with E-state index < -0.39 is 6.10 Å². The number of piperidine rings is 1. The predicted molar refractivity (Wildman–Crippen MR) is 93.8 cm³/mol. The lowest BCUT2D eigenvalue weighted by atomic mass is 10.1. The van der Waals surface area contributed by atoms with Gasteiger partial charge in [0.25, 0.3) is 5.91 Å². The Kier molecular flexibility index (Phi) is 5.71. The van der Waals surface area contributed by atoms with Crippen LogP contribution in [0.25, 0.3) is 0 Å². The minimum absolute atomic E-state index is 0.0471. The molecule has 2 unspecified atom stereocenters. The molecule has 25 heavy (non-hydrogen) atoms.